The fraction of sp³-hybridized carbons (Fsp3) is 0.417. The Labute approximate surface area is 201 Å². The van der Waals surface area contributed by atoms with Crippen LogP contribution in [0.4, 0.5) is 5.69 Å². The minimum Gasteiger partial charge on any atom is -0.354 e. The van der Waals surface area contributed by atoms with Gasteiger partial charge in [0.25, 0.3) is 0 Å². The van der Waals surface area contributed by atoms with Crippen LogP contribution in [0.1, 0.15) is 38.3 Å². The fourth-order valence-electron chi connectivity index (χ4n) is 3.32. The van der Waals surface area contributed by atoms with E-state index in [-0.39, 0.29) is 12.5 Å². The minimum absolute atomic E-state index is 0.118. The van der Waals surface area contributed by atoms with E-state index in [2.05, 4.69) is 5.32 Å². The molecule has 33 heavy (non-hydrogen) atoms. The number of carbonyl (C=O) groups is 2. The largest absolute Gasteiger partial charge is 0.354 e. The molecule has 0 aliphatic rings. The van der Waals surface area contributed by atoms with E-state index in [4.69, 9.17) is 11.6 Å². The first kappa shape index (κ1) is 26.7. The van der Waals surface area contributed by atoms with Crippen LogP contribution in [0.25, 0.3) is 0 Å². The summed E-state index contributed by atoms with van der Waals surface area (Å²) in [4.78, 5) is 27.5. The summed E-state index contributed by atoms with van der Waals surface area (Å²) >= 11 is 6.10. The van der Waals surface area contributed by atoms with Gasteiger partial charge in [0.05, 0.1) is 11.9 Å². The van der Waals surface area contributed by atoms with Crippen LogP contribution in [0.3, 0.4) is 0 Å². The Hall–Kier alpha value is -2.58. The maximum absolute atomic E-state index is 13.4. The highest BCUT2D eigenvalue weighted by molar-refractivity contribution is 7.92. The summed E-state index contributed by atoms with van der Waals surface area (Å²) in [6.45, 7) is 5.76. The van der Waals surface area contributed by atoms with Crippen molar-refractivity contribution in [1.29, 1.82) is 0 Å². The zero-order chi connectivity index (χ0) is 24.6. The predicted molar refractivity (Wildman–Crippen MR) is 133 cm³/mol. The Morgan fingerprint density at radius 2 is 1.73 bits per heavy atom. The first-order chi connectivity index (χ1) is 15.6. The second-order valence-electron chi connectivity index (χ2n) is 7.91. The Morgan fingerprint density at radius 1 is 1.06 bits per heavy atom. The molecule has 7 nitrogen and oxygen atoms in total. The van der Waals surface area contributed by atoms with Crippen molar-refractivity contribution in [1.82, 2.24) is 10.2 Å². The molecule has 1 unspecified atom stereocenters. The van der Waals surface area contributed by atoms with Gasteiger partial charge in [0.15, 0.2) is 0 Å². The number of nitrogens with zero attached hydrogens (tertiary/aromatic N) is 2. The second kappa shape index (κ2) is 12.0. The molecule has 0 aliphatic carbocycles. The van der Waals surface area contributed by atoms with Crippen LogP contribution in [-0.4, -0.2) is 50.5 Å². The minimum atomic E-state index is -3.74. The van der Waals surface area contributed by atoms with Crippen LogP contribution in [0.15, 0.2) is 48.5 Å². The number of aryl methyl sites for hydroxylation is 1. The third kappa shape index (κ3) is 7.75. The lowest BCUT2D eigenvalue weighted by Gasteiger charge is -2.31. The van der Waals surface area contributed by atoms with E-state index in [1.165, 1.54) is 4.90 Å². The molecule has 0 bridgehead atoms. The van der Waals surface area contributed by atoms with Gasteiger partial charge >= 0.3 is 0 Å². The van der Waals surface area contributed by atoms with Gasteiger partial charge < -0.3 is 10.2 Å². The number of hydrogen-bond donors (Lipinski definition) is 1. The second-order valence-corrected chi connectivity index (χ2v) is 10.3. The lowest BCUT2D eigenvalue weighted by Crippen LogP contribution is -2.51. The summed E-state index contributed by atoms with van der Waals surface area (Å²) in [5.41, 5.74) is 2.19. The summed E-state index contributed by atoms with van der Waals surface area (Å²) in [5, 5.41) is 3.31. The Kier molecular flexibility index (Phi) is 9.73. The molecule has 0 fully saturated rings. The maximum Gasteiger partial charge on any atom is 0.244 e. The van der Waals surface area contributed by atoms with Gasteiger partial charge in [0, 0.05) is 18.1 Å². The molecule has 0 spiro atoms. The highest BCUT2D eigenvalue weighted by atomic mass is 35.5. The molecule has 1 atom stereocenters. The van der Waals surface area contributed by atoms with Crippen molar-refractivity contribution in [3.63, 3.8) is 0 Å². The molecular formula is C24H32ClN3O4S. The van der Waals surface area contributed by atoms with E-state index >= 15 is 0 Å². The average Bonchev–Trinajstić information content (AvgIpc) is 2.78. The number of carbonyl (C=O) groups excluding carboxylic acids is 2. The van der Waals surface area contributed by atoms with E-state index < -0.39 is 28.5 Å². The normalized spacial score (nSPS) is 12.2. The van der Waals surface area contributed by atoms with E-state index in [1.54, 1.807) is 43.3 Å². The van der Waals surface area contributed by atoms with E-state index in [0.29, 0.717) is 17.3 Å². The van der Waals surface area contributed by atoms with Crippen LogP contribution < -0.4 is 9.62 Å². The topological polar surface area (TPSA) is 86.8 Å². The van der Waals surface area contributed by atoms with Crippen molar-refractivity contribution in [2.24, 2.45) is 0 Å². The summed E-state index contributed by atoms with van der Waals surface area (Å²) in [7, 11) is -3.74. The van der Waals surface area contributed by atoms with Crippen LogP contribution in [0, 0.1) is 0 Å². The van der Waals surface area contributed by atoms with Gasteiger partial charge in [0.2, 0.25) is 21.8 Å². The Bertz CT molecular complexity index is 1060. The lowest BCUT2D eigenvalue weighted by molar-refractivity contribution is -0.139. The molecule has 0 aromatic heterocycles. The first-order valence-electron chi connectivity index (χ1n) is 10.9. The number of benzene rings is 2. The van der Waals surface area contributed by atoms with Gasteiger partial charge in [-0.1, -0.05) is 49.7 Å². The number of anilines is 1. The number of hydrogen-bond acceptors (Lipinski definition) is 4. The number of amides is 2. The smallest absolute Gasteiger partial charge is 0.244 e. The van der Waals surface area contributed by atoms with Crippen LogP contribution >= 0.6 is 11.6 Å². The number of halogens is 1. The van der Waals surface area contributed by atoms with Crippen molar-refractivity contribution < 1.29 is 18.0 Å². The Morgan fingerprint density at radius 3 is 2.27 bits per heavy atom. The van der Waals surface area contributed by atoms with Crippen molar-refractivity contribution in [3.05, 3.63) is 64.7 Å². The molecule has 0 saturated carbocycles. The van der Waals surface area contributed by atoms with Gasteiger partial charge in [-0.25, -0.2) is 8.42 Å². The molecule has 2 aromatic rings. The zero-order valence-electron chi connectivity index (χ0n) is 19.5. The summed E-state index contributed by atoms with van der Waals surface area (Å²) in [6, 6.07) is 13.3. The monoisotopic (exact) mass is 493 g/mol. The van der Waals surface area contributed by atoms with Gasteiger partial charge in [-0.05, 0) is 55.2 Å². The first-order valence-corrected chi connectivity index (χ1v) is 13.2. The molecule has 0 heterocycles. The number of sulfonamides is 1. The Balaban J connectivity index is 2.36. The number of nitrogens with one attached hydrogen (secondary N) is 1. The molecule has 9 heteroatoms. The molecule has 2 amide bonds. The summed E-state index contributed by atoms with van der Waals surface area (Å²) < 4.78 is 26.2. The fourth-order valence-corrected chi connectivity index (χ4v) is 4.38. The molecule has 0 radical (unpaired) electrons. The maximum atomic E-state index is 13.4. The SMILES string of the molecule is CCCNC(=O)C(C)N(Cc1cccc(Cl)c1)C(=O)CN(c1ccc(CC)cc1)S(C)(=O)=O. The highest BCUT2D eigenvalue weighted by Gasteiger charge is 2.30. The number of rotatable bonds is 11. The molecular weight excluding hydrogens is 462 g/mol. The predicted octanol–water partition coefficient (Wildman–Crippen LogP) is 3.61. The summed E-state index contributed by atoms with van der Waals surface area (Å²) in [6.07, 6.45) is 2.64. The van der Waals surface area contributed by atoms with E-state index in [1.807, 2.05) is 26.0 Å². The third-order valence-electron chi connectivity index (χ3n) is 5.27. The third-order valence-corrected chi connectivity index (χ3v) is 6.65. The zero-order valence-corrected chi connectivity index (χ0v) is 21.1. The van der Waals surface area contributed by atoms with Crippen LogP contribution in [-0.2, 0) is 32.6 Å². The molecule has 180 valence electrons. The van der Waals surface area contributed by atoms with Gasteiger partial charge in [0.1, 0.15) is 12.6 Å². The van der Waals surface area contributed by atoms with Crippen LogP contribution in [0.2, 0.25) is 5.02 Å². The molecule has 0 aliphatic heterocycles. The van der Waals surface area contributed by atoms with Gasteiger partial charge in [-0.15, -0.1) is 0 Å². The standard InChI is InChI=1S/C24H32ClN3O4S/c1-5-14-26-24(30)18(3)27(16-20-8-7-9-21(25)15-20)23(29)17-28(33(4,31)32)22-12-10-19(6-2)11-13-22/h7-13,15,18H,5-6,14,16-17H2,1-4H3,(H,26,30). The molecule has 2 aromatic carbocycles. The van der Waals surface area contributed by atoms with Crippen LogP contribution in [0.5, 0.6) is 0 Å². The van der Waals surface area contributed by atoms with E-state index in [9.17, 15) is 18.0 Å². The van der Waals surface area contributed by atoms with Gasteiger partial charge in [-0.2, -0.15) is 0 Å². The van der Waals surface area contributed by atoms with Crippen molar-refractivity contribution >= 4 is 39.1 Å². The summed E-state index contributed by atoms with van der Waals surface area (Å²) in [5.74, 6) is -0.787. The highest BCUT2D eigenvalue weighted by Crippen LogP contribution is 2.20. The average molecular weight is 494 g/mol. The molecule has 2 rings (SSSR count). The quantitative estimate of drug-likeness (QED) is 0.518. The van der Waals surface area contributed by atoms with Crippen molar-refractivity contribution in [3.8, 4) is 0 Å². The van der Waals surface area contributed by atoms with Gasteiger partial charge in [-0.3, -0.25) is 13.9 Å². The molecule has 0 saturated heterocycles. The molecule has 1 N–H and O–H groups in total. The van der Waals surface area contributed by atoms with Crippen molar-refractivity contribution in [2.75, 3.05) is 23.7 Å². The van der Waals surface area contributed by atoms with Crippen molar-refractivity contribution in [2.45, 2.75) is 46.2 Å². The lowest BCUT2D eigenvalue weighted by atomic mass is 10.1. The van der Waals surface area contributed by atoms with E-state index in [0.717, 1.165) is 34.5 Å².